The summed E-state index contributed by atoms with van der Waals surface area (Å²) in [6, 6.07) is 5.85. The van der Waals surface area contributed by atoms with E-state index in [0.717, 1.165) is 30.2 Å². The molecule has 3 nitrogen and oxygen atoms in total. The number of nitrogen functional groups attached to an aromatic ring is 1. The SMILES string of the molecule is COc1cc(N)ccc1CSC1CCOC1C. The van der Waals surface area contributed by atoms with Crippen molar-refractivity contribution in [3.63, 3.8) is 0 Å². The van der Waals surface area contributed by atoms with Gasteiger partial charge in [0.2, 0.25) is 0 Å². The van der Waals surface area contributed by atoms with Crippen LogP contribution >= 0.6 is 11.8 Å². The lowest BCUT2D eigenvalue weighted by molar-refractivity contribution is 0.127. The zero-order chi connectivity index (χ0) is 12.3. The predicted molar refractivity (Wildman–Crippen MR) is 72.5 cm³/mol. The molecular weight excluding hydrogens is 234 g/mol. The maximum Gasteiger partial charge on any atom is 0.124 e. The molecule has 0 aromatic heterocycles. The molecule has 0 amide bonds. The van der Waals surface area contributed by atoms with Gasteiger partial charge >= 0.3 is 0 Å². The van der Waals surface area contributed by atoms with Crippen LogP contribution in [0.4, 0.5) is 5.69 Å². The number of nitrogens with two attached hydrogens (primary N) is 1. The first-order valence-corrected chi connectivity index (χ1v) is 6.91. The Morgan fingerprint density at radius 3 is 3.00 bits per heavy atom. The first-order valence-electron chi connectivity index (χ1n) is 5.86. The second-order valence-corrected chi connectivity index (χ2v) is 5.51. The average molecular weight is 253 g/mol. The summed E-state index contributed by atoms with van der Waals surface area (Å²) in [7, 11) is 1.68. The number of anilines is 1. The van der Waals surface area contributed by atoms with E-state index in [0.29, 0.717) is 11.4 Å². The summed E-state index contributed by atoms with van der Waals surface area (Å²) in [5.74, 6) is 1.83. The van der Waals surface area contributed by atoms with Crippen molar-refractivity contribution < 1.29 is 9.47 Å². The van der Waals surface area contributed by atoms with E-state index < -0.39 is 0 Å². The largest absolute Gasteiger partial charge is 0.496 e. The number of ether oxygens (including phenoxy) is 2. The molecule has 1 saturated heterocycles. The van der Waals surface area contributed by atoms with Crippen molar-refractivity contribution >= 4 is 17.4 Å². The highest BCUT2D eigenvalue weighted by molar-refractivity contribution is 7.99. The molecule has 1 aliphatic rings. The fourth-order valence-electron chi connectivity index (χ4n) is 2.01. The molecule has 1 fully saturated rings. The van der Waals surface area contributed by atoms with Gasteiger partial charge in [-0.1, -0.05) is 6.07 Å². The lowest BCUT2D eigenvalue weighted by atomic mass is 10.2. The van der Waals surface area contributed by atoms with Crippen LogP contribution in [0, 0.1) is 0 Å². The van der Waals surface area contributed by atoms with Crippen LogP contribution in [0.15, 0.2) is 18.2 Å². The molecule has 94 valence electrons. The van der Waals surface area contributed by atoms with Crippen molar-refractivity contribution in [3.05, 3.63) is 23.8 Å². The summed E-state index contributed by atoms with van der Waals surface area (Å²) >= 11 is 1.93. The van der Waals surface area contributed by atoms with Gasteiger partial charge in [0.05, 0.1) is 13.2 Å². The molecule has 0 saturated carbocycles. The normalized spacial score (nSPS) is 23.9. The van der Waals surface area contributed by atoms with Gasteiger partial charge in [-0.05, 0) is 19.4 Å². The van der Waals surface area contributed by atoms with Crippen molar-refractivity contribution in [2.75, 3.05) is 19.5 Å². The lowest BCUT2D eigenvalue weighted by Gasteiger charge is -2.15. The lowest BCUT2D eigenvalue weighted by Crippen LogP contribution is -2.13. The van der Waals surface area contributed by atoms with Crippen LogP contribution < -0.4 is 10.5 Å². The third kappa shape index (κ3) is 3.07. The minimum Gasteiger partial charge on any atom is -0.496 e. The zero-order valence-electron chi connectivity index (χ0n) is 10.3. The molecule has 4 heteroatoms. The summed E-state index contributed by atoms with van der Waals surface area (Å²) in [4.78, 5) is 0. The average Bonchev–Trinajstić information content (AvgIpc) is 2.73. The molecule has 2 rings (SSSR count). The Kier molecular flexibility index (Phi) is 4.18. The Labute approximate surface area is 107 Å². The highest BCUT2D eigenvalue weighted by atomic mass is 32.2. The summed E-state index contributed by atoms with van der Waals surface area (Å²) in [6.07, 6.45) is 1.50. The standard InChI is InChI=1S/C13H19NO2S/c1-9-13(5-6-16-9)17-8-10-3-4-11(14)7-12(10)15-2/h3-4,7,9,13H,5-6,8,14H2,1-2H3. The molecule has 0 radical (unpaired) electrons. The minimum atomic E-state index is 0.361. The first-order chi connectivity index (χ1) is 8.20. The molecule has 17 heavy (non-hydrogen) atoms. The van der Waals surface area contributed by atoms with Gasteiger partial charge in [-0.25, -0.2) is 0 Å². The monoisotopic (exact) mass is 253 g/mol. The van der Waals surface area contributed by atoms with Gasteiger partial charge in [0.15, 0.2) is 0 Å². The molecule has 2 N–H and O–H groups in total. The smallest absolute Gasteiger partial charge is 0.124 e. The highest BCUT2D eigenvalue weighted by Gasteiger charge is 2.24. The van der Waals surface area contributed by atoms with E-state index in [-0.39, 0.29) is 0 Å². The number of thioether (sulfide) groups is 1. The Hall–Kier alpha value is -0.870. The predicted octanol–water partition coefficient (Wildman–Crippen LogP) is 2.69. The maximum absolute atomic E-state index is 5.74. The molecule has 1 heterocycles. The van der Waals surface area contributed by atoms with E-state index in [9.17, 15) is 0 Å². The Morgan fingerprint density at radius 1 is 1.53 bits per heavy atom. The van der Waals surface area contributed by atoms with Gasteiger partial charge < -0.3 is 15.2 Å². The minimum absolute atomic E-state index is 0.361. The Bertz CT molecular complexity index is 384. The van der Waals surface area contributed by atoms with Crippen molar-refractivity contribution in [2.24, 2.45) is 0 Å². The summed E-state index contributed by atoms with van der Waals surface area (Å²) in [6.45, 7) is 3.03. The van der Waals surface area contributed by atoms with Crippen LogP contribution in [-0.4, -0.2) is 25.1 Å². The fourth-order valence-corrected chi connectivity index (χ4v) is 3.25. The summed E-state index contributed by atoms with van der Waals surface area (Å²) < 4.78 is 10.9. The number of hydrogen-bond acceptors (Lipinski definition) is 4. The number of hydrogen-bond donors (Lipinski definition) is 1. The summed E-state index contributed by atoms with van der Waals surface area (Å²) in [5.41, 5.74) is 7.68. The highest BCUT2D eigenvalue weighted by Crippen LogP contribution is 2.32. The van der Waals surface area contributed by atoms with E-state index in [1.54, 1.807) is 7.11 Å². The van der Waals surface area contributed by atoms with Gasteiger partial charge in [-0.15, -0.1) is 0 Å². The molecule has 0 aliphatic carbocycles. The first kappa shape index (κ1) is 12.6. The molecule has 2 atom stereocenters. The van der Waals surface area contributed by atoms with Crippen molar-refractivity contribution in [2.45, 2.75) is 30.5 Å². The molecule has 1 aromatic rings. The van der Waals surface area contributed by atoms with E-state index in [2.05, 4.69) is 6.92 Å². The number of benzene rings is 1. The Morgan fingerprint density at radius 2 is 2.35 bits per heavy atom. The second kappa shape index (κ2) is 5.65. The van der Waals surface area contributed by atoms with Crippen LogP contribution in [0.3, 0.4) is 0 Å². The molecule has 0 bridgehead atoms. The topological polar surface area (TPSA) is 44.5 Å². The Balaban J connectivity index is 1.98. The summed E-state index contributed by atoms with van der Waals surface area (Å²) in [5, 5.41) is 0.595. The zero-order valence-corrected chi connectivity index (χ0v) is 11.1. The van der Waals surface area contributed by atoms with Crippen molar-refractivity contribution in [1.82, 2.24) is 0 Å². The second-order valence-electron chi connectivity index (χ2n) is 4.29. The van der Waals surface area contributed by atoms with E-state index >= 15 is 0 Å². The quantitative estimate of drug-likeness (QED) is 0.838. The van der Waals surface area contributed by atoms with Gasteiger partial charge in [-0.2, -0.15) is 11.8 Å². The van der Waals surface area contributed by atoms with Crippen molar-refractivity contribution in [1.29, 1.82) is 0 Å². The molecule has 0 spiro atoms. The molecule has 2 unspecified atom stereocenters. The fraction of sp³-hybridized carbons (Fsp3) is 0.538. The third-order valence-corrected chi connectivity index (χ3v) is 4.60. The van der Waals surface area contributed by atoms with Crippen LogP contribution in [0.5, 0.6) is 5.75 Å². The van der Waals surface area contributed by atoms with Gasteiger partial charge in [0, 0.05) is 34.9 Å². The van der Waals surface area contributed by atoms with Crippen LogP contribution in [0.25, 0.3) is 0 Å². The molecule has 1 aliphatic heterocycles. The van der Waals surface area contributed by atoms with E-state index in [1.165, 1.54) is 5.56 Å². The maximum atomic E-state index is 5.74. The molecular formula is C13H19NO2S. The molecule has 1 aromatic carbocycles. The third-order valence-electron chi connectivity index (χ3n) is 3.07. The number of rotatable bonds is 4. The van der Waals surface area contributed by atoms with Crippen LogP contribution in [-0.2, 0) is 10.5 Å². The van der Waals surface area contributed by atoms with Gasteiger partial charge in [0.1, 0.15) is 5.75 Å². The van der Waals surface area contributed by atoms with Crippen LogP contribution in [0.1, 0.15) is 18.9 Å². The number of methoxy groups -OCH3 is 1. The van der Waals surface area contributed by atoms with Crippen molar-refractivity contribution in [3.8, 4) is 5.75 Å². The van der Waals surface area contributed by atoms with E-state index in [1.807, 2.05) is 30.0 Å². The van der Waals surface area contributed by atoms with E-state index in [4.69, 9.17) is 15.2 Å². The van der Waals surface area contributed by atoms with Crippen LogP contribution in [0.2, 0.25) is 0 Å². The van der Waals surface area contributed by atoms with Gasteiger partial charge in [-0.3, -0.25) is 0 Å². The van der Waals surface area contributed by atoms with Gasteiger partial charge in [0.25, 0.3) is 0 Å².